The van der Waals surface area contributed by atoms with Gasteiger partial charge in [0.25, 0.3) is 5.91 Å². The third kappa shape index (κ3) is 5.33. The van der Waals surface area contributed by atoms with Gasteiger partial charge in [0.15, 0.2) is 11.5 Å². The highest BCUT2D eigenvalue weighted by Gasteiger charge is 2.08. The Kier molecular flexibility index (Phi) is 6.80. The van der Waals surface area contributed by atoms with E-state index in [1.807, 2.05) is 43.3 Å². The molecule has 0 radical (unpaired) electrons. The number of fused-ring (bicyclic) bond motifs is 1. The van der Waals surface area contributed by atoms with Crippen LogP contribution in [0.3, 0.4) is 0 Å². The molecule has 0 atom stereocenters. The van der Waals surface area contributed by atoms with Gasteiger partial charge in [-0.2, -0.15) is 10.4 Å². The molecule has 0 aliphatic rings. The zero-order valence-corrected chi connectivity index (χ0v) is 16.1. The first kappa shape index (κ1) is 19.9. The van der Waals surface area contributed by atoms with E-state index in [9.17, 15) is 4.79 Å². The highest BCUT2D eigenvalue weighted by molar-refractivity contribution is 5.86. The monoisotopic (exact) mass is 387 g/mol. The zero-order valence-electron chi connectivity index (χ0n) is 16.1. The number of hydrogen-bond acceptors (Lipinski definition) is 5. The number of nitrogens with one attached hydrogen (secondary N) is 1. The van der Waals surface area contributed by atoms with E-state index in [1.165, 1.54) is 11.6 Å². The number of amides is 1. The third-order valence-corrected chi connectivity index (χ3v) is 4.17. The van der Waals surface area contributed by atoms with Crippen LogP contribution in [0, 0.1) is 11.3 Å². The molecule has 3 aromatic carbocycles. The first-order chi connectivity index (χ1) is 14.2. The Hall–Kier alpha value is -3.85. The quantitative estimate of drug-likeness (QED) is 0.464. The molecule has 0 fully saturated rings. The van der Waals surface area contributed by atoms with Gasteiger partial charge in [-0.05, 0) is 47.0 Å². The lowest BCUT2D eigenvalue weighted by atomic mass is 10.1. The van der Waals surface area contributed by atoms with Crippen molar-refractivity contribution in [2.24, 2.45) is 5.10 Å². The summed E-state index contributed by atoms with van der Waals surface area (Å²) < 4.78 is 11.7. The van der Waals surface area contributed by atoms with Crippen LogP contribution in [0.15, 0.2) is 65.8 Å². The van der Waals surface area contributed by atoms with Crippen molar-refractivity contribution in [3.8, 4) is 17.6 Å². The molecular weight excluding hydrogens is 366 g/mol. The fourth-order valence-electron chi connectivity index (χ4n) is 2.86. The van der Waals surface area contributed by atoms with Gasteiger partial charge in [0.1, 0.15) is 13.0 Å². The lowest BCUT2D eigenvalue weighted by Gasteiger charge is -2.13. The Bertz CT molecular complexity index is 1070. The van der Waals surface area contributed by atoms with Crippen molar-refractivity contribution in [2.45, 2.75) is 20.0 Å². The fraction of sp³-hybridized carbons (Fsp3) is 0.174. The van der Waals surface area contributed by atoms with Gasteiger partial charge in [-0.25, -0.2) is 5.43 Å². The topological polar surface area (TPSA) is 83.7 Å². The van der Waals surface area contributed by atoms with Crippen LogP contribution in [0.5, 0.6) is 11.5 Å². The fourth-order valence-corrected chi connectivity index (χ4v) is 2.86. The molecule has 6 heteroatoms. The molecule has 3 aromatic rings. The van der Waals surface area contributed by atoms with Crippen molar-refractivity contribution in [2.75, 3.05) is 6.61 Å². The first-order valence-electron chi connectivity index (χ1n) is 9.26. The van der Waals surface area contributed by atoms with Crippen molar-refractivity contribution in [3.63, 3.8) is 0 Å². The summed E-state index contributed by atoms with van der Waals surface area (Å²) in [6.45, 7) is 2.81. The van der Waals surface area contributed by atoms with Gasteiger partial charge in [0.2, 0.25) is 0 Å². The zero-order chi connectivity index (χ0) is 20.5. The van der Waals surface area contributed by atoms with Crippen molar-refractivity contribution < 1.29 is 14.3 Å². The highest BCUT2D eigenvalue weighted by Crippen LogP contribution is 2.29. The van der Waals surface area contributed by atoms with Gasteiger partial charge >= 0.3 is 0 Å². The van der Waals surface area contributed by atoms with E-state index in [0.717, 1.165) is 16.5 Å². The van der Waals surface area contributed by atoms with E-state index in [0.29, 0.717) is 24.7 Å². The van der Waals surface area contributed by atoms with Crippen LogP contribution in [0.2, 0.25) is 0 Å². The second kappa shape index (κ2) is 9.90. The van der Waals surface area contributed by atoms with Crippen LogP contribution in [0.25, 0.3) is 10.8 Å². The number of rotatable bonds is 8. The number of ether oxygens (including phenoxy) is 2. The van der Waals surface area contributed by atoms with Crippen molar-refractivity contribution in [1.82, 2.24) is 5.43 Å². The molecule has 146 valence electrons. The standard InChI is InChI=1S/C23H21N3O3/c1-2-28-22-14-17(15-25-26-23(27)12-13-24)10-11-21(22)29-16-19-8-5-7-18-6-3-4-9-20(18)19/h3-11,14-15H,2,12,16H2,1H3,(H,26,27). The van der Waals surface area contributed by atoms with Gasteiger partial charge in [0.05, 0.1) is 18.9 Å². The summed E-state index contributed by atoms with van der Waals surface area (Å²) in [4.78, 5) is 11.3. The Morgan fingerprint density at radius 2 is 1.93 bits per heavy atom. The maximum atomic E-state index is 11.3. The first-order valence-corrected chi connectivity index (χ1v) is 9.26. The molecule has 0 aromatic heterocycles. The number of nitriles is 1. The Morgan fingerprint density at radius 1 is 1.10 bits per heavy atom. The van der Waals surface area contributed by atoms with Gasteiger partial charge < -0.3 is 9.47 Å². The molecular formula is C23H21N3O3. The molecule has 0 unspecified atom stereocenters. The molecule has 0 heterocycles. The van der Waals surface area contributed by atoms with Gasteiger partial charge in [-0.3, -0.25) is 4.79 Å². The summed E-state index contributed by atoms with van der Waals surface area (Å²) in [5.41, 5.74) is 4.13. The average molecular weight is 387 g/mol. The smallest absolute Gasteiger partial charge is 0.254 e. The average Bonchev–Trinajstić information content (AvgIpc) is 2.73. The Labute approximate surface area is 169 Å². The summed E-state index contributed by atoms with van der Waals surface area (Å²) in [5, 5.41) is 14.7. The van der Waals surface area contributed by atoms with E-state index in [2.05, 4.69) is 28.7 Å². The minimum atomic E-state index is -0.455. The predicted octanol–water partition coefficient (Wildman–Crippen LogP) is 4.18. The maximum Gasteiger partial charge on any atom is 0.254 e. The molecule has 3 rings (SSSR count). The minimum Gasteiger partial charge on any atom is -0.490 e. The Balaban J connectivity index is 1.74. The molecule has 6 nitrogen and oxygen atoms in total. The van der Waals surface area contributed by atoms with Crippen LogP contribution >= 0.6 is 0 Å². The normalized spacial score (nSPS) is 10.6. The summed E-state index contributed by atoms with van der Waals surface area (Å²) in [6, 6.07) is 21.5. The lowest BCUT2D eigenvalue weighted by Crippen LogP contribution is -2.16. The summed E-state index contributed by atoms with van der Waals surface area (Å²) in [5.74, 6) is 0.773. The third-order valence-electron chi connectivity index (χ3n) is 4.17. The van der Waals surface area contributed by atoms with E-state index in [1.54, 1.807) is 12.1 Å². The van der Waals surface area contributed by atoms with E-state index >= 15 is 0 Å². The molecule has 0 saturated carbocycles. The van der Waals surface area contributed by atoms with Gasteiger partial charge in [-0.1, -0.05) is 42.5 Å². The molecule has 0 saturated heterocycles. The van der Waals surface area contributed by atoms with Crippen LogP contribution in [0.1, 0.15) is 24.5 Å². The number of nitrogens with zero attached hydrogens (tertiary/aromatic N) is 2. The number of benzene rings is 3. The SMILES string of the molecule is CCOc1cc(C=NNC(=O)CC#N)ccc1OCc1cccc2ccccc12. The number of carbonyl (C=O) groups is 1. The largest absolute Gasteiger partial charge is 0.490 e. The van der Waals surface area contributed by atoms with E-state index < -0.39 is 5.91 Å². The second-order valence-corrected chi connectivity index (χ2v) is 6.19. The van der Waals surface area contributed by atoms with Crippen molar-refractivity contribution >= 4 is 22.9 Å². The molecule has 1 N–H and O–H groups in total. The molecule has 0 aliphatic heterocycles. The second-order valence-electron chi connectivity index (χ2n) is 6.19. The lowest BCUT2D eigenvalue weighted by molar-refractivity contribution is -0.120. The Morgan fingerprint density at radius 3 is 2.76 bits per heavy atom. The van der Waals surface area contributed by atoms with Crippen LogP contribution in [0.4, 0.5) is 0 Å². The maximum absolute atomic E-state index is 11.3. The predicted molar refractivity (Wildman–Crippen MR) is 112 cm³/mol. The number of hydrogen-bond donors (Lipinski definition) is 1. The van der Waals surface area contributed by atoms with Crippen molar-refractivity contribution in [1.29, 1.82) is 5.26 Å². The molecule has 1 amide bonds. The van der Waals surface area contributed by atoms with Gasteiger partial charge in [0, 0.05) is 0 Å². The van der Waals surface area contributed by atoms with Gasteiger partial charge in [-0.15, -0.1) is 0 Å². The number of hydrazone groups is 1. The minimum absolute atomic E-state index is 0.234. The summed E-state index contributed by atoms with van der Waals surface area (Å²) in [6.07, 6.45) is 1.26. The summed E-state index contributed by atoms with van der Waals surface area (Å²) >= 11 is 0. The molecule has 0 bridgehead atoms. The van der Waals surface area contributed by atoms with Crippen LogP contribution in [-0.2, 0) is 11.4 Å². The molecule has 0 aliphatic carbocycles. The molecule has 29 heavy (non-hydrogen) atoms. The number of carbonyl (C=O) groups excluding carboxylic acids is 1. The highest BCUT2D eigenvalue weighted by atomic mass is 16.5. The summed E-state index contributed by atoms with van der Waals surface area (Å²) in [7, 11) is 0. The van der Waals surface area contributed by atoms with E-state index in [-0.39, 0.29) is 6.42 Å². The van der Waals surface area contributed by atoms with Crippen LogP contribution in [-0.4, -0.2) is 18.7 Å². The molecule has 0 spiro atoms. The van der Waals surface area contributed by atoms with Crippen LogP contribution < -0.4 is 14.9 Å². The van der Waals surface area contributed by atoms with Crippen molar-refractivity contribution in [3.05, 3.63) is 71.8 Å². The van der Waals surface area contributed by atoms with E-state index in [4.69, 9.17) is 14.7 Å².